The Morgan fingerprint density at radius 2 is 2.00 bits per heavy atom. The number of hydrogen-bond donors (Lipinski definition) is 1. The van der Waals surface area contributed by atoms with Crippen molar-refractivity contribution in [2.24, 2.45) is 5.73 Å². The van der Waals surface area contributed by atoms with Gasteiger partial charge in [-0.25, -0.2) is 0 Å². The first-order valence-electron chi connectivity index (χ1n) is 2.89. The van der Waals surface area contributed by atoms with Crippen molar-refractivity contribution < 1.29 is 9.53 Å². The molecule has 10 heavy (non-hydrogen) atoms. The molecule has 0 unspecified atom stereocenters. The number of esters is 1. The van der Waals surface area contributed by atoms with E-state index in [9.17, 15) is 4.79 Å². The van der Waals surface area contributed by atoms with Gasteiger partial charge in [-0.15, -0.1) is 12.8 Å². The second-order valence-corrected chi connectivity index (χ2v) is 1.74. The second kappa shape index (κ2) is 7.99. The van der Waals surface area contributed by atoms with Gasteiger partial charge in [-0.3, -0.25) is 4.79 Å². The van der Waals surface area contributed by atoms with Crippen LogP contribution in [0.5, 0.6) is 0 Å². The lowest BCUT2D eigenvalue weighted by Gasteiger charge is -2.04. The second-order valence-electron chi connectivity index (χ2n) is 1.74. The Kier molecular flexibility index (Phi) is 9.39. The van der Waals surface area contributed by atoms with Crippen molar-refractivity contribution in [2.45, 2.75) is 20.0 Å². The molecule has 0 saturated carbocycles. The van der Waals surface area contributed by atoms with E-state index in [2.05, 4.69) is 17.6 Å². The zero-order valence-corrected chi connectivity index (χ0v) is 6.33. The van der Waals surface area contributed by atoms with Crippen LogP contribution < -0.4 is 5.73 Å². The summed E-state index contributed by atoms with van der Waals surface area (Å²) in [5.74, 6) is -0.347. The monoisotopic (exact) mass is 143 g/mol. The lowest BCUT2D eigenvalue weighted by molar-refractivity contribution is -0.145. The summed E-state index contributed by atoms with van der Waals surface area (Å²) in [6.45, 7) is 3.54. The number of rotatable bonds is 2. The Labute approximate surface area is 61.5 Å². The summed E-state index contributed by atoms with van der Waals surface area (Å²) in [7, 11) is 0. The van der Waals surface area contributed by atoms with Gasteiger partial charge in [0.05, 0.1) is 12.6 Å². The first-order valence-corrected chi connectivity index (χ1v) is 2.89. The molecule has 0 fully saturated rings. The van der Waals surface area contributed by atoms with Crippen molar-refractivity contribution in [3.05, 3.63) is 0 Å². The molecule has 0 radical (unpaired) electrons. The van der Waals surface area contributed by atoms with Gasteiger partial charge in [0.1, 0.15) is 0 Å². The Morgan fingerprint density at radius 3 is 2.10 bits per heavy atom. The summed E-state index contributed by atoms with van der Waals surface area (Å²) in [6, 6.07) is 0. The highest BCUT2D eigenvalue weighted by atomic mass is 16.5. The summed E-state index contributed by atoms with van der Waals surface area (Å²) < 4.78 is 4.64. The van der Waals surface area contributed by atoms with Crippen molar-refractivity contribution in [1.29, 1.82) is 0 Å². The van der Waals surface area contributed by atoms with Crippen LogP contribution in [0.25, 0.3) is 0 Å². The predicted molar refractivity (Wildman–Crippen MR) is 40.2 cm³/mol. The minimum absolute atomic E-state index is 0.0296. The lowest BCUT2D eigenvalue weighted by Crippen LogP contribution is -2.20. The molecule has 0 spiro atoms. The molecule has 0 amide bonds. The molecular formula is C7H13NO2. The molecule has 0 aromatic carbocycles. The molecule has 0 rings (SSSR count). The maximum absolute atomic E-state index is 10.3. The zero-order valence-electron chi connectivity index (χ0n) is 6.33. The Morgan fingerprint density at radius 1 is 1.60 bits per heavy atom. The summed E-state index contributed by atoms with van der Waals surface area (Å²) in [5, 5.41) is 0. The van der Waals surface area contributed by atoms with Gasteiger partial charge in [-0.05, 0) is 13.8 Å². The molecule has 0 aliphatic carbocycles. The molecule has 0 saturated heterocycles. The van der Waals surface area contributed by atoms with E-state index < -0.39 is 0 Å². The van der Waals surface area contributed by atoms with Gasteiger partial charge < -0.3 is 10.5 Å². The van der Waals surface area contributed by atoms with Gasteiger partial charge in [-0.1, -0.05) is 0 Å². The molecule has 0 atom stereocenters. The molecule has 0 aromatic heterocycles. The van der Waals surface area contributed by atoms with Gasteiger partial charge in [0.2, 0.25) is 0 Å². The maximum atomic E-state index is 10.3. The van der Waals surface area contributed by atoms with E-state index in [0.717, 1.165) is 0 Å². The van der Waals surface area contributed by atoms with Crippen LogP contribution in [0.4, 0.5) is 0 Å². The molecule has 3 nitrogen and oxygen atoms in total. The van der Waals surface area contributed by atoms with Gasteiger partial charge in [0.15, 0.2) is 0 Å². The quantitative estimate of drug-likeness (QED) is 0.442. The molecule has 58 valence electrons. The zero-order chi connectivity index (χ0) is 8.57. The first kappa shape index (κ1) is 11.7. The van der Waals surface area contributed by atoms with Crippen molar-refractivity contribution in [2.75, 3.05) is 6.54 Å². The van der Waals surface area contributed by atoms with Crippen LogP contribution in [0.3, 0.4) is 0 Å². The van der Waals surface area contributed by atoms with Gasteiger partial charge in [0.25, 0.3) is 0 Å². The highest BCUT2D eigenvalue weighted by molar-refractivity contribution is 5.71. The average molecular weight is 143 g/mol. The molecule has 3 heteroatoms. The molecule has 0 aliphatic heterocycles. The lowest BCUT2D eigenvalue weighted by atomic mass is 10.5. The number of ether oxygens (including phenoxy) is 1. The minimum atomic E-state index is -0.347. The van der Waals surface area contributed by atoms with Crippen molar-refractivity contribution >= 4 is 5.97 Å². The van der Waals surface area contributed by atoms with E-state index in [-0.39, 0.29) is 18.6 Å². The van der Waals surface area contributed by atoms with Crippen LogP contribution >= 0.6 is 0 Å². The van der Waals surface area contributed by atoms with Gasteiger partial charge in [0, 0.05) is 0 Å². The van der Waals surface area contributed by atoms with E-state index in [1.54, 1.807) is 13.8 Å². The predicted octanol–water partition coefficient (Wildman–Crippen LogP) is 0.146. The van der Waals surface area contributed by atoms with E-state index in [1.807, 2.05) is 0 Å². The van der Waals surface area contributed by atoms with E-state index in [4.69, 9.17) is 5.73 Å². The Hall–Kier alpha value is -1.01. The Bertz CT molecular complexity index is 107. The largest absolute Gasteiger partial charge is 0.462 e. The fourth-order valence-electron chi connectivity index (χ4n) is 0.311. The van der Waals surface area contributed by atoms with E-state index in [1.165, 1.54) is 0 Å². The standard InChI is InChI=1S/C5H11NO2.C2H2/c1-4(2)8-5(7)3-6;1-2/h4H,3,6H2,1-2H3;1-2H. The fraction of sp³-hybridized carbons (Fsp3) is 0.571. The van der Waals surface area contributed by atoms with E-state index in [0.29, 0.717) is 0 Å². The first-order chi connectivity index (χ1) is 4.66. The number of terminal acetylenes is 1. The summed E-state index contributed by atoms with van der Waals surface area (Å²) >= 11 is 0. The SMILES string of the molecule is C#C.CC(C)OC(=O)CN. The summed E-state index contributed by atoms with van der Waals surface area (Å²) in [6.07, 6.45) is 7.95. The summed E-state index contributed by atoms with van der Waals surface area (Å²) in [5.41, 5.74) is 4.95. The third-order valence-corrected chi connectivity index (χ3v) is 0.534. The number of nitrogens with two attached hydrogens (primary N) is 1. The van der Waals surface area contributed by atoms with Crippen LogP contribution in [0.1, 0.15) is 13.8 Å². The normalized spacial score (nSPS) is 7.80. The van der Waals surface area contributed by atoms with Gasteiger partial charge in [-0.2, -0.15) is 0 Å². The number of carbonyl (C=O) groups is 1. The highest BCUT2D eigenvalue weighted by Crippen LogP contribution is 1.85. The molecule has 0 bridgehead atoms. The van der Waals surface area contributed by atoms with Gasteiger partial charge >= 0.3 is 5.97 Å². The number of carbonyl (C=O) groups excluding carboxylic acids is 1. The topological polar surface area (TPSA) is 52.3 Å². The average Bonchev–Trinajstić information content (AvgIpc) is 1.91. The van der Waals surface area contributed by atoms with Crippen LogP contribution in [0, 0.1) is 12.8 Å². The third kappa shape index (κ3) is 10.1. The molecule has 0 aromatic rings. The maximum Gasteiger partial charge on any atom is 0.319 e. The van der Waals surface area contributed by atoms with Crippen molar-refractivity contribution in [3.63, 3.8) is 0 Å². The van der Waals surface area contributed by atoms with Crippen LogP contribution in [0.15, 0.2) is 0 Å². The third-order valence-electron chi connectivity index (χ3n) is 0.534. The molecule has 2 N–H and O–H groups in total. The summed E-state index contributed by atoms with van der Waals surface area (Å²) in [4.78, 5) is 10.3. The fourth-order valence-corrected chi connectivity index (χ4v) is 0.311. The van der Waals surface area contributed by atoms with Crippen molar-refractivity contribution in [3.8, 4) is 12.8 Å². The molecular weight excluding hydrogens is 130 g/mol. The number of hydrogen-bond acceptors (Lipinski definition) is 3. The molecule has 0 aliphatic rings. The minimum Gasteiger partial charge on any atom is -0.462 e. The molecule has 0 heterocycles. The van der Waals surface area contributed by atoms with Crippen molar-refractivity contribution in [1.82, 2.24) is 0 Å². The highest BCUT2D eigenvalue weighted by Gasteiger charge is 1.99. The van der Waals surface area contributed by atoms with Crippen LogP contribution in [-0.2, 0) is 9.53 Å². The van der Waals surface area contributed by atoms with Crippen LogP contribution in [0.2, 0.25) is 0 Å². The smallest absolute Gasteiger partial charge is 0.319 e. The van der Waals surface area contributed by atoms with Crippen LogP contribution in [-0.4, -0.2) is 18.6 Å². The van der Waals surface area contributed by atoms with E-state index >= 15 is 0 Å². The Balaban J connectivity index is 0.